The average Bonchev–Trinajstić information content (AvgIpc) is 2.53. The number of pyridine rings is 1. The smallest absolute Gasteiger partial charge is 0.247 e. The van der Waals surface area contributed by atoms with Crippen LogP contribution >= 0.6 is 0 Å². The largest absolute Gasteiger partial charge is 0.507 e. The van der Waals surface area contributed by atoms with E-state index in [1.165, 1.54) is 29.6 Å². The van der Waals surface area contributed by atoms with Gasteiger partial charge in [0.15, 0.2) is 0 Å². The maximum absolute atomic E-state index is 13.2. The molecule has 1 aliphatic heterocycles. The van der Waals surface area contributed by atoms with Crippen molar-refractivity contribution in [1.82, 2.24) is 9.29 Å². The standard InChI is InChI=1S/C18H20N2O4S/c1-24-14-3-4-15(21)16(11-14)25(22,23)20-12-18(7-2-8-18)17(20)13-5-9-19-10-6-13/h3-6,9-11,17,21H,2,7-8,12H2,1H3. The van der Waals surface area contributed by atoms with Gasteiger partial charge in [0.05, 0.1) is 13.2 Å². The van der Waals surface area contributed by atoms with Crippen molar-refractivity contribution >= 4 is 10.0 Å². The Morgan fingerprint density at radius 3 is 2.56 bits per heavy atom. The molecular weight excluding hydrogens is 340 g/mol. The van der Waals surface area contributed by atoms with Crippen molar-refractivity contribution in [3.63, 3.8) is 0 Å². The SMILES string of the molecule is COc1ccc(O)c(S(=O)(=O)N2CC3(CCC3)C2c2ccncc2)c1. The van der Waals surface area contributed by atoms with Crippen LogP contribution in [0.1, 0.15) is 30.9 Å². The quantitative estimate of drug-likeness (QED) is 0.907. The van der Waals surface area contributed by atoms with E-state index in [1.807, 2.05) is 12.1 Å². The van der Waals surface area contributed by atoms with E-state index in [2.05, 4.69) is 4.98 Å². The van der Waals surface area contributed by atoms with Gasteiger partial charge in [-0.2, -0.15) is 4.31 Å². The van der Waals surface area contributed by atoms with Crippen molar-refractivity contribution in [2.24, 2.45) is 5.41 Å². The van der Waals surface area contributed by atoms with Gasteiger partial charge in [0.2, 0.25) is 10.0 Å². The van der Waals surface area contributed by atoms with E-state index in [0.29, 0.717) is 12.3 Å². The number of phenols is 1. The van der Waals surface area contributed by atoms with Crippen molar-refractivity contribution in [1.29, 1.82) is 0 Å². The highest BCUT2D eigenvalue weighted by molar-refractivity contribution is 7.89. The second-order valence-electron chi connectivity index (χ2n) is 6.78. The molecule has 1 unspecified atom stereocenters. The first kappa shape index (κ1) is 16.4. The molecule has 1 N–H and O–H groups in total. The molecule has 2 aromatic rings. The molecule has 1 saturated heterocycles. The van der Waals surface area contributed by atoms with Gasteiger partial charge in [0.1, 0.15) is 16.4 Å². The number of phenolic OH excluding ortho intramolecular Hbond substituents is 1. The third-order valence-electron chi connectivity index (χ3n) is 5.46. The Hall–Kier alpha value is -2.12. The predicted octanol–water partition coefficient (Wildman–Crippen LogP) is 2.71. The number of rotatable bonds is 4. The minimum absolute atomic E-state index is 0.0168. The molecular formula is C18H20N2O4S. The molecule has 1 spiro atoms. The highest BCUT2D eigenvalue weighted by Crippen LogP contribution is 2.62. The maximum atomic E-state index is 13.2. The molecule has 1 aromatic heterocycles. The molecule has 7 heteroatoms. The Bertz CT molecular complexity index is 895. The van der Waals surface area contributed by atoms with Gasteiger partial charge in [-0.1, -0.05) is 6.42 Å². The van der Waals surface area contributed by atoms with Gasteiger partial charge in [-0.05, 0) is 42.7 Å². The number of hydrogen-bond donors (Lipinski definition) is 1. The number of aromatic hydroxyl groups is 1. The summed E-state index contributed by atoms with van der Waals surface area (Å²) in [5, 5.41) is 10.1. The lowest BCUT2D eigenvalue weighted by molar-refractivity contribution is -0.0781. The van der Waals surface area contributed by atoms with E-state index in [4.69, 9.17) is 4.74 Å². The van der Waals surface area contributed by atoms with Crippen molar-refractivity contribution in [2.45, 2.75) is 30.2 Å². The van der Waals surface area contributed by atoms with E-state index < -0.39 is 10.0 Å². The average molecular weight is 360 g/mol. The molecule has 1 aliphatic carbocycles. The Balaban J connectivity index is 1.76. The summed E-state index contributed by atoms with van der Waals surface area (Å²) in [5.74, 6) is 0.138. The summed E-state index contributed by atoms with van der Waals surface area (Å²) in [6.45, 7) is 0.485. The number of ether oxygens (including phenoxy) is 1. The zero-order chi connectivity index (χ0) is 17.7. The molecule has 132 valence electrons. The molecule has 25 heavy (non-hydrogen) atoms. The van der Waals surface area contributed by atoms with Crippen LogP contribution in [0.5, 0.6) is 11.5 Å². The molecule has 6 nitrogen and oxygen atoms in total. The van der Waals surface area contributed by atoms with Crippen LogP contribution in [-0.2, 0) is 10.0 Å². The van der Waals surface area contributed by atoms with Crippen molar-refractivity contribution < 1.29 is 18.3 Å². The van der Waals surface area contributed by atoms with Gasteiger partial charge in [-0.25, -0.2) is 8.42 Å². The summed E-state index contributed by atoms with van der Waals surface area (Å²) in [5.41, 5.74) is 0.968. The lowest BCUT2D eigenvalue weighted by Gasteiger charge is -2.61. The van der Waals surface area contributed by atoms with E-state index in [1.54, 1.807) is 12.4 Å². The first-order chi connectivity index (χ1) is 12.0. The van der Waals surface area contributed by atoms with Gasteiger partial charge in [-0.15, -0.1) is 0 Å². The highest BCUT2D eigenvalue weighted by atomic mass is 32.2. The minimum Gasteiger partial charge on any atom is -0.507 e. The van der Waals surface area contributed by atoms with Crippen molar-refractivity contribution in [2.75, 3.05) is 13.7 Å². The zero-order valence-corrected chi connectivity index (χ0v) is 14.7. The van der Waals surface area contributed by atoms with Crippen LogP contribution in [0.3, 0.4) is 0 Å². The van der Waals surface area contributed by atoms with Crippen molar-refractivity contribution in [3.05, 3.63) is 48.3 Å². The second-order valence-corrected chi connectivity index (χ2v) is 8.64. The number of hydrogen-bond acceptors (Lipinski definition) is 5. The first-order valence-electron chi connectivity index (χ1n) is 8.27. The van der Waals surface area contributed by atoms with E-state index in [-0.39, 0.29) is 22.1 Å². The zero-order valence-electron chi connectivity index (χ0n) is 13.9. The summed E-state index contributed by atoms with van der Waals surface area (Å²) in [6, 6.07) is 7.81. The third kappa shape index (κ3) is 2.41. The summed E-state index contributed by atoms with van der Waals surface area (Å²) in [6.07, 6.45) is 6.55. The fourth-order valence-electron chi connectivity index (χ4n) is 3.99. The topological polar surface area (TPSA) is 79.7 Å². The van der Waals surface area contributed by atoms with Gasteiger partial charge in [0.25, 0.3) is 0 Å². The number of benzene rings is 1. The van der Waals surface area contributed by atoms with Gasteiger partial charge in [-0.3, -0.25) is 4.98 Å². The lowest BCUT2D eigenvalue weighted by atomic mass is 9.58. The molecule has 1 saturated carbocycles. The fraction of sp³-hybridized carbons (Fsp3) is 0.389. The monoisotopic (exact) mass is 360 g/mol. The van der Waals surface area contributed by atoms with Crippen LogP contribution in [0.15, 0.2) is 47.6 Å². The highest BCUT2D eigenvalue weighted by Gasteiger charge is 2.60. The molecule has 2 heterocycles. The van der Waals surface area contributed by atoms with Crippen LogP contribution in [0.4, 0.5) is 0 Å². The summed E-state index contributed by atoms with van der Waals surface area (Å²) in [4.78, 5) is 3.92. The fourth-order valence-corrected chi connectivity index (χ4v) is 5.89. The van der Waals surface area contributed by atoms with Crippen LogP contribution in [0.25, 0.3) is 0 Å². The van der Waals surface area contributed by atoms with Gasteiger partial charge >= 0.3 is 0 Å². The van der Waals surface area contributed by atoms with E-state index >= 15 is 0 Å². The Morgan fingerprint density at radius 1 is 1.24 bits per heavy atom. The Labute approximate surface area is 147 Å². The van der Waals surface area contributed by atoms with Gasteiger partial charge in [0, 0.05) is 30.4 Å². The third-order valence-corrected chi connectivity index (χ3v) is 7.30. The van der Waals surface area contributed by atoms with Crippen molar-refractivity contribution in [3.8, 4) is 11.5 Å². The van der Waals surface area contributed by atoms with Gasteiger partial charge < -0.3 is 9.84 Å². The maximum Gasteiger partial charge on any atom is 0.247 e. The lowest BCUT2D eigenvalue weighted by Crippen LogP contribution is -2.63. The molecule has 0 bridgehead atoms. The molecule has 1 atom stereocenters. The number of sulfonamides is 1. The number of methoxy groups -OCH3 is 1. The van der Waals surface area contributed by atoms with Crippen LogP contribution in [-0.4, -0.2) is 36.5 Å². The van der Waals surface area contributed by atoms with E-state index in [9.17, 15) is 13.5 Å². The summed E-state index contributed by atoms with van der Waals surface area (Å²) < 4.78 is 33.0. The summed E-state index contributed by atoms with van der Waals surface area (Å²) >= 11 is 0. The van der Waals surface area contributed by atoms with Crippen LogP contribution in [0, 0.1) is 5.41 Å². The second kappa shape index (κ2) is 5.71. The molecule has 2 aliphatic rings. The van der Waals surface area contributed by atoms with E-state index in [0.717, 1.165) is 24.8 Å². The number of nitrogens with zero attached hydrogens (tertiary/aromatic N) is 2. The molecule has 2 fully saturated rings. The molecule has 0 radical (unpaired) electrons. The predicted molar refractivity (Wildman–Crippen MR) is 91.8 cm³/mol. The normalized spacial score (nSPS) is 22.2. The van der Waals surface area contributed by atoms with Crippen LogP contribution < -0.4 is 4.74 Å². The molecule has 4 rings (SSSR count). The Kier molecular flexibility index (Phi) is 3.73. The molecule has 1 aromatic carbocycles. The Morgan fingerprint density at radius 2 is 1.96 bits per heavy atom. The number of aromatic nitrogens is 1. The minimum atomic E-state index is -3.83. The molecule has 0 amide bonds. The summed E-state index contributed by atoms with van der Waals surface area (Å²) in [7, 11) is -2.36. The first-order valence-corrected chi connectivity index (χ1v) is 9.71. The van der Waals surface area contributed by atoms with Crippen LogP contribution in [0.2, 0.25) is 0 Å².